The molecule has 6 N–H and O–H groups in total. The van der Waals surface area contributed by atoms with Gasteiger partial charge in [-0.2, -0.15) is 4.98 Å². The molecule has 1 aliphatic rings. The normalized spacial score (nSPS) is 30.6. The molecule has 4 atom stereocenters. The van der Waals surface area contributed by atoms with Crippen molar-refractivity contribution in [3.05, 3.63) is 16.7 Å². The maximum absolute atomic E-state index is 11.7. The van der Waals surface area contributed by atoms with Crippen molar-refractivity contribution >= 4 is 17.1 Å². The zero-order chi connectivity index (χ0) is 14.3. The molecule has 3 heterocycles. The molecular weight excluding hydrogens is 270 g/mol. The fourth-order valence-electron chi connectivity index (χ4n) is 1.98. The van der Waals surface area contributed by atoms with E-state index in [1.807, 2.05) is 0 Å². The molecule has 2 aromatic heterocycles. The molecule has 1 unspecified atom stereocenters. The monoisotopic (exact) mass is 283 g/mol. The van der Waals surface area contributed by atoms with Gasteiger partial charge in [0.05, 0.1) is 12.9 Å². The summed E-state index contributed by atoms with van der Waals surface area (Å²) in [6.07, 6.45) is -3.54. The molecule has 1 fully saturated rings. The van der Waals surface area contributed by atoms with Crippen LogP contribution in [0, 0.1) is 0 Å². The highest BCUT2D eigenvalue weighted by Crippen LogP contribution is 2.16. The van der Waals surface area contributed by atoms with Gasteiger partial charge in [0.1, 0.15) is 18.3 Å². The zero-order valence-electron chi connectivity index (χ0n) is 10.1. The van der Waals surface area contributed by atoms with Gasteiger partial charge in [-0.25, -0.2) is 4.98 Å². The molecule has 0 spiro atoms. The minimum atomic E-state index is -1.36. The topological polar surface area (TPSA) is 156 Å². The number of aromatic amines is 2. The number of aliphatic hydroxyl groups excluding tert-OH is 3. The first kappa shape index (κ1) is 13.0. The summed E-state index contributed by atoms with van der Waals surface area (Å²) in [5.41, 5.74) is 0.0131. The largest absolute Gasteiger partial charge is 0.388 e. The van der Waals surface area contributed by atoms with Gasteiger partial charge in [0.25, 0.3) is 5.56 Å². The maximum Gasteiger partial charge on any atom is 0.278 e. The van der Waals surface area contributed by atoms with Crippen LogP contribution in [0.1, 0.15) is 0 Å². The van der Waals surface area contributed by atoms with Crippen molar-refractivity contribution in [1.82, 2.24) is 19.9 Å². The van der Waals surface area contributed by atoms with E-state index >= 15 is 0 Å². The van der Waals surface area contributed by atoms with Crippen molar-refractivity contribution in [3.8, 4) is 0 Å². The first-order chi connectivity index (χ1) is 9.56. The zero-order valence-corrected chi connectivity index (χ0v) is 10.1. The highest BCUT2D eigenvalue weighted by atomic mass is 16.5. The predicted octanol–water partition coefficient (Wildman–Crippen LogP) is -2.50. The van der Waals surface area contributed by atoms with Crippen molar-refractivity contribution in [2.24, 2.45) is 0 Å². The standard InChI is InChI=1S/C10H13N5O5/c16-3-1-20-9(6(18)5(3)17)15-10-13-7-4(8(19)14-10)11-2-12-7/h2-3,5-6,9,16-18H,1H2,(H3,11,12,13,14,15,19)/t3-,5-,6+,9?/m1/s1. The number of anilines is 1. The number of hydrogen-bond donors (Lipinski definition) is 6. The number of hydrogen-bond acceptors (Lipinski definition) is 8. The third kappa shape index (κ3) is 2.14. The maximum atomic E-state index is 11.7. The Morgan fingerprint density at radius 3 is 2.95 bits per heavy atom. The average Bonchev–Trinajstić information content (AvgIpc) is 2.88. The highest BCUT2D eigenvalue weighted by Gasteiger charge is 2.37. The van der Waals surface area contributed by atoms with Gasteiger partial charge in [0.15, 0.2) is 17.4 Å². The van der Waals surface area contributed by atoms with Crippen molar-refractivity contribution in [3.63, 3.8) is 0 Å². The quantitative estimate of drug-likeness (QED) is 0.353. The molecule has 0 amide bonds. The molecule has 1 aliphatic heterocycles. The molecule has 1 saturated heterocycles. The van der Waals surface area contributed by atoms with E-state index in [0.29, 0.717) is 0 Å². The van der Waals surface area contributed by atoms with E-state index < -0.39 is 30.1 Å². The Hall–Kier alpha value is -2.01. The van der Waals surface area contributed by atoms with Crippen LogP contribution in [-0.2, 0) is 4.74 Å². The lowest BCUT2D eigenvalue weighted by molar-refractivity contribution is -0.178. The Morgan fingerprint density at radius 2 is 2.15 bits per heavy atom. The van der Waals surface area contributed by atoms with Gasteiger partial charge in [-0.3, -0.25) is 9.78 Å². The van der Waals surface area contributed by atoms with Gasteiger partial charge in [-0.05, 0) is 0 Å². The van der Waals surface area contributed by atoms with Crippen molar-refractivity contribution < 1.29 is 20.1 Å². The minimum Gasteiger partial charge on any atom is -0.388 e. The SMILES string of the molecule is O=c1[nH]c(NC2OC[C@@H](O)[C@@H](O)[C@@H]2O)nc2nc[nH]c12. The van der Waals surface area contributed by atoms with E-state index in [9.17, 15) is 20.1 Å². The van der Waals surface area contributed by atoms with Crippen molar-refractivity contribution in [2.45, 2.75) is 24.5 Å². The van der Waals surface area contributed by atoms with Crippen LogP contribution in [0.5, 0.6) is 0 Å². The van der Waals surface area contributed by atoms with Gasteiger partial charge in [-0.15, -0.1) is 0 Å². The summed E-state index contributed by atoms with van der Waals surface area (Å²) < 4.78 is 5.15. The molecule has 0 aromatic carbocycles. The fraction of sp³-hybridized carbons (Fsp3) is 0.500. The summed E-state index contributed by atoms with van der Waals surface area (Å²) in [4.78, 5) is 24.7. The number of aliphatic hydroxyl groups is 3. The molecule has 10 heteroatoms. The summed E-state index contributed by atoms with van der Waals surface area (Å²) in [5.74, 6) is 0.0437. The van der Waals surface area contributed by atoms with E-state index in [1.165, 1.54) is 6.33 Å². The van der Waals surface area contributed by atoms with Crippen molar-refractivity contribution in [2.75, 3.05) is 11.9 Å². The van der Waals surface area contributed by atoms with E-state index in [0.717, 1.165) is 0 Å². The summed E-state index contributed by atoms with van der Waals surface area (Å²) in [5, 5.41) is 31.3. The number of nitrogens with one attached hydrogen (secondary N) is 3. The van der Waals surface area contributed by atoms with Crippen LogP contribution >= 0.6 is 0 Å². The Morgan fingerprint density at radius 1 is 1.35 bits per heavy atom. The second-order valence-electron chi connectivity index (χ2n) is 4.46. The number of imidazole rings is 1. The summed E-state index contributed by atoms with van der Waals surface area (Å²) >= 11 is 0. The van der Waals surface area contributed by atoms with Crippen LogP contribution in [-0.4, -0.2) is 66.4 Å². The molecule has 108 valence electrons. The number of nitrogens with zero attached hydrogens (tertiary/aromatic N) is 2. The molecule has 10 nitrogen and oxygen atoms in total. The second kappa shape index (κ2) is 4.83. The molecule has 0 bridgehead atoms. The van der Waals surface area contributed by atoms with Crippen LogP contribution in [0.25, 0.3) is 11.2 Å². The Labute approximate surface area is 111 Å². The van der Waals surface area contributed by atoms with Gasteiger partial charge in [0, 0.05) is 0 Å². The van der Waals surface area contributed by atoms with Crippen LogP contribution in [0.4, 0.5) is 5.95 Å². The number of aromatic nitrogens is 4. The first-order valence-electron chi connectivity index (χ1n) is 5.92. The van der Waals surface area contributed by atoms with Crippen molar-refractivity contribution in [1.29, 1.82) is 0 Å². The number of fused-ring (bicyclic) bond motifs is 1. The summed E-state index contributed by atoms with van der Waals surface area (Å²) in [6, 6.07) is 0. The molecule has 3 rings (SSSR count). The lowest BCUT2D eigenvalue weighted by Crippen LogP contribution is -2.55. The third-order valence-electron chi connectivity index (χ3n) is 3.08. The molecule has 2 aromatic rings. The third-order valence-corrected chi connectivity index (χ3v) is 3.08. The molecule has 0 saturated carbocycles. The van der Waals surface area contributed by atoms with E-state index in [1.54, 1.807) is 0 Å². The summed E-state index contributed by atoms with van der Waals surface area (Å²) in [7, 11) is 0. The fourth-order valence-corrected chi connectivity index (χ4v) is 1.98. The molecule has 20 heavy (non-hydrogen) atoms. The van der Waals surface area contributed by atoms with Gasteiger partial charge < -0.3 is 30.4 Å². The molecule has 0 aliphatic carbocycles. The average molecular weight is 283 g/mol. The lowest BCUT2D eigenvalue weighted by atomic mass is 10.0. The number of ether oxygens (including phenoxy) is 1. The number of H-pyrrole nitrogens is 2. The van der Waals surface area contributed by atoms with Crippen LogP contribution in [0.2, 0.25) is 0 Å². The van der Waals surface area contributed by atoms with E-state index in [4.69, 9.17) is 4.74 Å². The smallest absolute Gasteiger partial charge is 0.278 e. The van der Waals surface area contributed by atoms with E-state index in [2.05, 4.69) is 25.3 Å². The van der Waals surface area contributed by atoms with Crippen LogP contribution in [0.3, 0.4) is 0 Å². The Bertz CT molecular complexity index is 669. The van der Waals surface area contributed by atoms with Gasteiger partial charge >= 0.3 is 0 Å². The summed E-state index contributed by atoms with van der Waals surface area (Å²) in [6.45, 7) is -0.148. The number of rotatable bonds is 2. The highest BCUT2D eigenvalue weighted by molar-refractivity contribution is 5.69. The van der Waals surface area contributed by atoms with Crippen LogP contribution < -0.4 is 10.9 Å². The molecular formula is C10H13N5O5. The molecule has 0 radical (unpaired) electrons. The van der Waals surface area contributed by atoms with Gasteiger partial charge in [0.2, 0.25) is 5.95 Å². The second-order valence-corrected chi connectivity index (χ2v) is 4.46. The Kier molecular flexibility index (Phi) is 3.14. The minimum absolute atomic E-state index is 0.0437. The first-order valence-corrected chi connectivity index (χ1v) is 5.92. The van der Waals surface area contributed by atoms with Crippen LogP contribution in [0.15, 0.2) is 11.1 Å². The lowest BCUT2D eigenvalue weighted by Gasteiger charge is -2.35. The predicted molar refractivity (Wildman–Crippen MR) is 65.9 cm³/mol. The van der Waals surface area contributed by atoms with E-state index in [-0.39, 0.29) is 23.7 Å². The van der Waals surface area contributed by atoms with Gasteiger partial charge in [-0.1, -0.05) is 0 Å². The Balaban J connectivity index is 1.84.